The van der Waals surface area contributed by atoms with Crippen molar-refractivity contribution in [3.63, 3.8) is 0 Å². The average molecular weight is 368 g/mol. The van der Waals surface area contributed by atoms with Crippen LogP contribution in [0, 0.1) is 0 Å². The van der Waals surface area contributed by atoms with Crippen molar-refractivity contribution in [3.8, 4) is 17.2 Å². The van der Waals surface area contributed by atoms with Gasteiger partial charge in [0.1, 0.15) is 28.5 Å². The number of carbonyl (C=O) groups is 1. The summed E-state index contributed by atoms with van der Waals surface area (Å²) in [6, 6.07) is 11.8. The lowest BCUT2D eigenvalue weighted by Gasteiger charge is -2.26. The molecule has 0 bridgehead atoms. The zero-order valence-corrected chi connectivity index (χ0v) is 16.9. The van der Waals surface area contributed by atoms with Gasteiger partial charge in [0.2, 0.25) is 0 Å². The Morgan fingerprint density at radius 2 is 1.33 bits per heavy atom. The van der Waals surface area contributed by atoms with E-state index < -0.39 is 0 Å². The highest BCUT2D eigenvalue weighted by Crippen LogP contribution is 2.34. The number of phenols is 1. The molecule has 144 valence electrons. The topological polar surface area (TPSA) is 55.8 Å². The zero-order valence-electron chi connectivity index (χ0n) is 16.9. The van der Waals surface area contributed by atoms with E-state index in [0.29, 0.717) is 17.1 Å². The molecule has 4 nitrogen and oxygen atoms in total. The number of ether oxygens (including phenoxy) is 2. The van der Waals surface area contributed by atoms with Gasteiger partial charge in [-0.2, -0.15) is 0 Å². The van der Waals surface area contributed by atoms with Gasteiger partial charge in [-0.05, 0) is 90.1 Å². The number of rotatable bonds is 5. The summed E-state index contributed by atoms with van der Waals surface area (Å²) < 4.78 is 12.1. The summed E-state index contributed by atoms with van der Waals surface area (Å²) in [4.78, 5) is 12.5. The van der Waals surface area contributed by atoms with Gasteiger partial charge in [0.25, 0.3) is 0 Å². The number of benzene rings is 2. The van der Waals surface area contributed by atoms with Crippen LogP contribution in [-0.2, 0) is 0 Å². The lowest BCUT2D eigenvalue weighted by atomic mass is 10.1. The van der Waals surface area contributed by atoms with Gasteiger partial charge in [0.05, 0.1) is 5.56 Å². The summed E-state index contributed by atoms with van der Waals surface area (Å²) in [6.07, 6.45) is 3.21. The summed E-state index contributed by atoms with van der Waals surface area (Å²) >= 11 is 0. The predicted molar refractivity (Wildman–Crippen MR) is 109 cm³/mol. The molecule has 0 aromatic heterocycles. The van der Waals surface area contributed by atoms with Crippen molar-refractivity contribution in [2.24, 2.45) is 0 Å². The molecule has 0 heterocycles. The van der Waals surface area contributed by atoms with Crippen LogP contribution in [0.2, 0.25) is 0 Å². The Morgan fingerprint density at radius 3 is 1.78 bits per heavy atom. The maximum atomic E-state index is 12.5. The van der Waals surface area contributed by atoms with Crippen LogP contribution in [0.3, 0.4) is 0 Å². The average Bonchev–Trinajstić information content (AvgIpc) is 2.51. The van der Waals surface area contributed by atoms with Crippen molar-refractivity contribution in [1.29, 1.82) is 0 Å². The van der Waals surface area contributed by atoms with E-state index in [4.69, 9.17) is 9.47 Å². The monoisotopic (exact) mass is 368 g/mol. The molecule has 0 radical (unpaired) electrons. The van der Waals surface area contributed by atoms with Gasteiger partial charge >= 0.3 is 0 Å². The first kappa shape index (κ1) is 20.6. The van der Waals surface area contributed by atoms with Crippen LogP contribution in [-0.4, -0.2) is 22.1 Å². The fourth-order valence-corrected chi connectivity index (χ4v) is 2.41. The molecule has 0 aliphatic heterocycles. The third kappa shape index (κ3) is 6.48. The van der Waals surface area contributed by atoms with Crippen LogP contribution in [0.25, 0.3) is 6.08 Å². The molecule has 0 aliphatic carbocycles. The molecule has 0 aliphatic rings. The number of ketones is 1. The van der Waals surface area contributed by atoms with Crippen molar-refractivity contribution < 1.29 is 19.4 Å². The van der Waals surface area contributed by atoms with E-state index in [1.54, 1.807) is 18.2 Å². The van der Waals surface area contributed by atoms with E-state index in [0.717, 1.165) is 5.56 Å². The highest BCUT2D eigenvalue weighted by atomic mass is 16.5. The molecule has 0 saturated heterocycles. The summed E-state index contributed by atoms with van der Waals surface area (Å²) in [5.41, 5.74) is 0.444. The molecule has 2 rings (SSSR count). The summed E-state index contributed by atoms with van der Waals surface area (Å²) in [7, 11) is 0. The highest BCUT2D eigenvalue weighted by molar-refractivity contribution is 6.07. The molecule has 2 aromatic rings. The van der Waals surface area contributed by atoms with E-state index in [9.17, 15) is 9.90 Å². The normalized spacial score (nSPS) is 12.2. The van der Waals surface area contributed by atoms with Crippen molar-refractivity contribution in [2.75, 3.05) is 0 Å². The van der Waals surface area contributed by atoms with Crippen molar-refractivity contribution >= 4 is 11.9 Å². The summed E-state index contributed by atoms with van der Waals surface area (Å²) in [5, 5.41) is 9.37. The van der Waals surface area contributed by atoms with Crippen molar-refractivity contribution in [1.82, 2.24) is 0 Å². The van der Waals surface area contributed by atoms with E-state index in [-0.39, 0.29) is 22.7 Å². The third-order valence-corrected chi connectivity index (χ3v) is 3.41. The van der Waals surface area contributed by atoms with Gasteiger partial charge < -0.3 is 14.6 Å². The quantitative estimate of drug-likeness (QED) is 0.548. The number of phenolic OH excluding ortho intramolecular Hbond substituents is 1. The van der Waals surface area contributed by atoms with Crippen LogP contribution in [0.4, 0.5) is 0 Å². The molecule has 2 aromatic carbocycles. The van der Waals surface area contributed by atoms with Gasteiger partial charge in [-0.3, -0.25) is 4.79 Å². The Bertz CT molecular complexity index is 785. The number of allylic oxidation sites excluding steroid dienone is 1. The number of hydrogen-bond donors (Lipinski definition) is 1. The lowest BCUT2D eigenvalue weighted by Crippen LogP contribution is -2.25. The second-order valence-corrected chi connectivity index (χ2v) is 8.34. The Hall–Kier alpha value is -2.75. The highest BCUT2D eigenvalue weighted by Gasteiger charge is 2.19. The van der Waals surface area contributed by atoms with E-state index >= 15 is 0 Å². The predicted octanol–water partition coefficient (Wildman–Crippen LogP) is 5.64. The zero-order chi connectivity index (χ0) is 20.2. The van der Waals surface area contributed by atoms with E-state index in [2.05, 4.69) is 0 Å². The molecule has 4 heteroatoms. The minimum Gasteiger partial charge on any atom is -0.508 e. The molecule has 0 amide bonds. The van der Waals surface area contributed by atoms with Crippen LogP contribution >= 0.6 is 0 Å². The van der Waals surface area contributed by atoms with Gasteiger partial charge in [-0.25, -0.2) is 0 Å². The Labute approximate surface area is 161 Å². The molecular formula is C23H28O4. The summed E-state index contributed by atoms with van der Waals surface area (Å²) in [5.74, 6) is 1.26. The van der Waals surface area contributed by atoms with Gasteiger partial charge in [-0.15, -0.1) is 0 Å². The Balaban J connectivity index is 2.41. The van der Waals surface area contributed by atoms with E-state index in [1.165, 1.54) is 18.2 Å². The lowest BCUT2D eigenvalue weighted by molar-refractivity contribution is 0.104. The number of hydrogen-bond acceptors (Lipinski definition) is 4. The minimum atomic E-state index is -0.385. The second kappa shape index (κ2) is 7.87. The molecule has 27 heavy (non-hydrogen) atoms. The Kier molecular flexibility index (Phi) is 5.99. The Morgan fingerprint density at radius 1 is 0.852 bits per heavy atom. The maximum Gasteiger partial charge on any atom is 0.185 e. The molecule has 0 unspecified atom stereocenters. The summed E-state index contributed by atoms with van der Waals surface area (Å²) in [6.45, 7) is 11.8. The third-order valence-electron chi connectivity index (χ3n) is 3.41. The smallest absolute Gasteiger partial charge is 0.185 e. The van der Waals surface area contributed by atoms with Crippen molar-refractivity contribution in [2.45, 2.75) is 52.7 Å². The molecule has 0 saturated carbocycles. The standard InChI is InChI=1S/C23H28O4/c1-22(2,3)26-20-8-7-9-21(27-23(4,5)6)18(20)14-15-19(25)16-10-12-17(24)13-11-16/h7-15,24H,1-6H3. The van der Waals surface area contributed by atoms with Gasteiger partial charge in [0.15, 0.2) is 5.78 Å². The van der Waals surface area contributed by atoms with Gasteiger partial charge in [0, 0.05) is 5.56 Å². The molecule has 1 N–H and O–H groups in total. The fourth-order valence-electron chi connectivity index (χ4n) is 2.41. The van der Waals surface area contributed by atoms with Gasteiger partial charge in [-0.1, -0.05) is 6.07 Å². The molecular weight excluding hydrogens is 340 g/mol. The molecule has 0 atom stereocenters. The first-order chi connectivity index (χ1) is 12.4. The number of aromatic hydroxyl groups is 1. The SMILES string of the molecule is CC(C)(C)Oc1cccc(OC(C)(C)C)c1C=CC(=O)c1ccc(O)cc1. The van der Waals surface area contributed by atoms with Crippen LogP contribution in [0.15, 0.2) is 48.5 Å². The second-order valence-electron chi connectivity index (χ2n) is 8.34. The molecule has 0 spiro atoms. The first-order valence-electron chi connectivity index (χ1n) is 8.97. The van der Waals surface area contributed by atoms with Crippen LogP contribution < -0.4 is 9.47 Å². The molecule has 0 fully saturated rings. The van der Waals surface area contributed by atoms with E-state index in [1.807, 2.05) is 59.7 Å². The van der Waals surface area contributed by atoms with Crippen LogP contribution in [0.5, 0.6) is 17.2 Å². The fraction of sp³-hybridized carbons (Fsp3) is 0.348. The maximum absolute atomic E-state index is 12.5. The minimum absolute atomic E-state index is 0.125. The first-order valence-corrected chi connectivity index (χ1v) is 8.97. The van der Waals surface area contributed by atoms with Crippen LogP contribution in [0.1, 0.15) is 57.5 Å². The van der Waals surface area contributed by atoms with Crippen molar-refractivity contribution in [3.05, 3.63) is 59.7 Å². The largest absolute Gasteiger partial charge is 0.508 e. The number of carbonyl (C=O) groups excluding carboxylic acids is 1.